The van der Waals surface area contributed by atoms with Crippen molar-refractivity contribution in [1.29, 1.82) is 0 Å². The van der Waals surface area contributed by atoms with E-state index in [-0.39, 0.29) is 12.5 Å². The fourth-order valence-corrected chi connectivity index (χ4v) is 2.30. The Kier molecular flexibility index (Phi) is 5.17. The summed E-state index contributed by atoms with van der Waals surface area (Å²) >= 11 is 4.89. The van der Waals surface area contributed by atoms with Gasteiger partial charge in [-0.15, -0.1) is 0 Å². The Bertz CT molecular complexity index is 541. The van der Waals surface area contributed by atoms with Gasteiger partial charge >= 0.3 is 0 Å². The van der Waals surface area contributed by atoms with Crippen molar-refractivity contribution in [3.8, 4) is 5.75 Å². The number of thiocarbonyl (C=S) groups is 1. The highest BCUT2D eigenvalue weighted by atomic mass is 32.1. The molecule has 0 unspecified atom stereocenters. The Morgan fingerprint density at radius 3 is 2.76 bits per heavy atom. The number of carbonyl (C=O) groups is 1. The summed E-state index contributed by atoms with van der Waals surface area (Å²) in [5.74, 6) is 0.781. The smallest absolute Gasteiger partial charge is 0.260 e. The van der Waals surface area contributed by atoms with Crippen LogP contribution < -0.4 is 10.5 Å². The molecule has 1 amide bonds. The van der Waals surface area contributed by atoms with Gasteiger partial charge in [0.1, 0.15) is 5.75 Å². The summed E-state index contributed by atoms with van der Waals surface area (Å²) in [6, 6.07) is 6.33. The molecule has 0 radical (unpaired) electrons. The molecule has 1 saturated carbocycles. The zero-order valence-corrected chi connectivity index (χ0v) is 13.4. The largest absolute Gasteiger partial charge is 0.483 e. The second kappa shape index (κ2) is 6.89. The van der Waals surface area contributed by atoms with Crippen molar-refractivity contribution in [2.24, 2.45) is 5.73 Å². The maximum atomic E-state index is 12.3. The van der Waals surface area contributed by atoms with Crippen molar-refractivity contribution in [3.63, 3.8) is 0 Å². The molecule has 21 heavy (non-hydrogen) atoms. The Morgan fingerprint density at radius 2 is 2.14 bits per heavy atom. The maximum Gasteiger partial charge on any atom is 0.260 e. The third-order valence-corrected chi connectivity index (χ3v) is 3.81. The number of rotatable bonds is 7. The van der Waals surface area contributed by atoms with Crippen LogP contribution in [-0.2, 0) is 4.79 Å². The zero-order valence-electron chi connectivity index (χ0n) is 12.6. The van der Waals surface area contributed by atoms with E-state index >= 15 is 0 Å². The second-order valence-electron chi connectivity index (χ2n) is 5.59. The minimum absolute atomic E-state index is 0.00894. The molecule has 114 valence electrons. The monoisotopic (exact) mass is 306 g/mol. The fraction of sp³-hybridized carbons (Fsp3) is 0.500. The van der Waals surface area contributed by atoms with Gasteiger partial charge in [0.15, 0.2) is 6.61 Å². The van der Waals surface area contributed by atoms with Crippen LogP contribution in [0.25, 0.3) is 0 Å². The van der Waals surface area contributed by atoms with Crippen molar-refractivity contribution >= 4 is 23.1 Å². The standard InChI is InChI=1S/C16H22N2O2S/c1-11-3-4-12(2)14(9-11)20-10-16(19)18(13-5-6-13)8-7-15(17)21/h3-4,9,13H,5-8,10H2,1-2H3,(H2,17,21). The third kappa shape index (κ3) is 4.70. The van der Waals surface area contributed by atoms with Crippen molar-refractivity contribution in [2.45, 2.75) is 39.2 Å². The molecule has 1 aromatic carbocycles. The minimum atomic E-state index is 0.00894. The highest BCUT2D eigenvalue weighted by Crippen LogP contribution is 2.27. The summed E-state index contributed by atoms with van der Waals surface area (Å²) in [5.41, 5.74) is 7.68. The molecule has 0 bridgehead atoms. The maximum absolute atomic E-state index is 12.3. The van der Waals surface area contributed by atoms with Crippen LogP contribution in [0.2, 0.25) is 0 Å². The van der Waals surface area contributed by atoms with E-state index in [4.69, 9.17) is 22.7 Å². The normalized spacial score (nSPS) is 13.8. The van der Waals surface area contributed by atoms with Gasteiger partial charge in [0.05, 0.1) is 4.99 Å². The number of aryl methyl sites for hydroxylation is 2. The number of amides is 1. The Morgan fingerprint density at radius 1 is 1.43 bits per heavy atom. The number of nitrogens with two attached hydrogens (primary N) is 1. The zero-order chi connectivity index (χ0) is 15.4. The number of hydrogen-bond acceptors (Lipinski definition) is 3. The van der Waals surface area contributed by atoms with Crippen molar-refractivity contribution in [2.75, 3.05) is 13.2 Å². The second-order valence-corrected chi connectivity index (χ2v) is 6.12. The number of nitrogens with zero attached hydrogens (tertiary/aromatic N) is 1. The van der Waals surface area contributed by atoms with E-state index in [1.165, 1.54) is 0 Å². The Labute approximate surface area is 131 Å². The lowest BCUT2D eigenvalue weighted by atomic mass is 10.1. The molecule has 0 saturated heterocycles. The predicted molar refractivity (Wildman–Crippen MR) is 87.5 cm³/mol. The fourth-order valence-electron chi connectivity index (χ4n) is 2.21. The van der Waals surface area contributed by atoms with Gasteiger partial charge in [-0.3, -0.25) is 4.79 Å². The Hall–Kier alpha value is -1.62. The molecule has 2 N–H and O–H groups in total. The van der Waals surface area contributed by atoms with Crippen LogP contribution in [-0.4, -0.2) is 35.0 Å². The minimum Gasteiger partial charge on any atom is -0.483 e. The van der Waals surface area contributed by atoms with Crippen LogP contribution >= 0.6 is 12.2 Å². The van der Waals surface area contributed by atoms with Crippen LogP contribution in [0.15, 0.2) is 18.2 Å². The lowest BCUT2D eigenvalue weighted by Crippen LogP contribution is -2.38. The summed E-state index contributed by atoms with van der Waals surface area (Å²) in [6.45, 7) is 4.64. The molecule has 2 rings (SSSR count). The molecule has 0 spiro atoms. The van der Waals surface area contributed by atoms with Crippen molar-refractivity contribution in [1.82, 2.24) is 4.90 Å². The van der Waals surface area contributed by atoms with Gasteiger partial charge in [0.2, 0.25) is 0 Å². The first-order chi connectivity index (χ1) is 9.97. The molecule has 1 aliphatic carbocycles. The molecule has 1 fully saturated rings. The topological polar surface area (TPSA) is 55.6 Å². The van der Waals surface area contributed by atoms with Crippen LogP contribution in [0, 0.1) is 13.8 Å². The Balaban J connectivity index is 1.92. The van der Waals surface area contributed by atoms with Crippen LogP contribution in [0.1, 0.15) is 30.4 Å². The van der Waals surface area contributed by atoms with E-state index in [2.05, 4.69) is 0 Å². The molecule has 4 nitrogen and oxygen atoms in total. The van der Waals surface area contributed by atoms with Crippen LogP contribution in [0.5, 0.6) is 5.75 Å². The van der Waals surface area contributed by atoms with Gasteiger partial charge in [0.25, 0.3) is 5.91 Å². The van der Waals surface area contributed by atoms with Crippen molar-refractivity contribution < 1.29 is 9.53 Å². The molecule has 0 aromatic heterocycles. The molecule has 0 atom stereocenters. The lowest BCUT2D eigenvalue weighted by molar-refractivity contribution is -0.133. The van der Waals surface area contributed by atoms with Gasteiger partial charge in [-0.05, 0) is 43.9 Å². The summed E-state index contributed by atoms with van der Waals surface area (Å²) < 4.78 is 5.69. The molecular weight excluding hydrogens is 284 g/mol. The number of carbonyl (C=O) groups excluding carboxylic acids is 1. The quantitative estimate of drug-likeness (QED) is 0.786. The summed E-state index contributed by atoms with van der Waals surface area (Å²) in [5, 5.41) is 0. The first kappa shape index (κ1) is 15.8. The molecule has 0 heterocycles. The van der Waals surface area contributed by atoms with E-state index in [1.54, 1.807) is 0 Å². The van der Waals surface area contributed by atoms with Crippen LogP contribution in [0.4, 0.5) is 0 Å². The highest BCUT2D eigenvalue weighted by Gasteiger charge is 2.32. The summed E-state index contributed by atoms with van der Waals surface area (Å²) in [7, 11) is 0. The molecule has 1 aliphatic rings. The average Bonchev–Trinajstić information content (AvgIpc) is 3.24. The van der Waals surface area contributed by atoms with Gasteiger partial charge in [-0.2, -0.15) is 0 Å². The van der Waals surface area contributed by atoms with E-state index in [0.29, 0.717) is 24.0 Å². The average molecular weight is 306 g/mol. The number of hydrogen-bond donors (Lipinski definition) is 1. The molecular formula is C16H22N2O2S. The predicted octanol–water partition coefficient (Wildman–Crippen LogP) is 2.35. The van der Waals surface area contributed by atoms with Gasteiger partial charge in [-0.25, -0.2) is 0 Å². The van der Waals surface area contributed by atoms with Gasteiger partial charge in [0, 0.05) is 19.0 Å². The van der Waals surface area contributed by atoms with E-state index in [0.717, 1.165) is 29.7 Å². The van der Waals surface area contributed by atoms with E-state index < -0.39 is 0 Å². The third-order valence-electron chi connectivity index (χ3n) is 3.60. The first-order valence-electron chi connectivity index (χ1n) is 7.25. The number of ether oxygens (including phenoxy) is 1. The molecule has 0 aliphatic heterocycles. The lowest BCUT2D eigenvalue weighted by Gasteiger charge is -2.22. The highest BCUT2D eigenvalue weighted by molar-refractivity contribution is 7.80. The summed E-state index contributed by atoms with van der Waals surface area (Å²) in [4.78, 5) is 14.6. The SMILES string of the molecule is Cc1ccc(C)c(OCC(=O)N(CCC(N)=S)C2CC2)c1. The van der Waals surface area contributed by atoms with E-state index in [1.807, 2.05) is 36.9 Å². The van der Waals surface area contributed by atoms with Crippen molar-refractivity contribution in [3.05, 3.63) is 29.3 Å². The molecule has 5 heteroatoms. The van der Waals surface area contributed by atoms with Gasteiger partial charge < -0.3 is 15.4 Å². The van der Waals surface area contributed by atoms with E-state index in [9.17, 15) is 4.79 Å². The van der Waals surface area contributed by atoms with Crippen LogP contribution in [0.3, 0.4) is 0 Å². The first-order valence-corrected chi connectivity index (χ1v) is 7.66. The molecule has 1 aromatic rings. The number of benzene rings is 1. The van der Waals surface area contributed by atoms with Gasteiger partial charge in [-0.1, -0.05) is 24.4 Å². The summed E-state index contributed by atoms with van der Waals surface area (Å²) in [6.07, 6.45) is 2.69.